The van der Waals surface area contributed by atoms with Crippen molar-refractivity contribution in [3.05, 3.63) is 205 Å². The molecular formula is C51H35N5O. The van der Waals surface area contributed by atoms with Crippen molar-refractivity contribution in [2.24, 2.45) is 4.99 Å². The van der Waals surface area contributed by atoms with Crippen LogP contribution in [0.15, 0.2) is 197 Å². The molecule has 0 aliphatic carbocycles. The molecule has 270 valence electrons. The maximum Gasteiger partial charge on any atom is 0.137 e. The third-order valence-electron chi connectivity index (χ3n) is 11.6. The Bertz CT molecular complexity index is 3360. The van der Waals surface area contributed by atoms with Gasteiger partial charge < -0.3 is 18.9 Å². The van der Waals surface area contributed by atoms with Gasteiger partial charge in [0.1, 0.15) is 29.3 Å². The maximum atomic E-state index is 6.55. The third kappa shape index (κ3) is 4.98. The van der Waals surface area contributed by atoms with Gasteiger partial charge in [0.2, 0.25) is 0 Å². The first-order chi connectivity index (χ1) is 28.3. The minimum absolute atomic E-state index is 0.214. The van der Waals surface area contributed by atoms with Crippen LogP contribution in [0.25, 0.3) is 76.9 Å². The molecule has 8 aromatic carbocycles. The van der Waals surface area contributed by atoms with E-state index in [0.717, 1.165) is 66.9 Å². The summed E-state index contributed by atoms with van der Waals surface area (Å²) in [7, 11) is 0. The lowest BCUT2D eigenvalue weighted by Gasteiger charge is -2.32. The number of aliphatic imine (C=N–C) groups is 1. The Balaban J connectivity index is 1.14. The molecule has 57 heavy (non-hydrogen) atoms. The Hall–Kier alpha value is -7.41. The molecule has 4 heterocycles. The monoisotopic (exact) mass is 733 g/mol. The highest BCUT2D eigenvalue weighted by atomic mass is 16.3. The maximum absolute atomic E-state index is 6.55. The van der Waals surface area contributed by atoms with E-state index in [2.05, 4.69) is 190 Å². The Morgan fingerprint density at radius 3 is 1.88 bits per heavy atom. The predicted molar refractivity (Wildman–Crippen MR) is 234 cm³/mol. The van der Waals surface area contributed by atoms with E-state index in [1.54, 1.807) is 0 Å². The zero-order valence-corrected chi connectivity index (χ0v) is 30.8. The molecule has 2 atom stereocenters. The van der Waals surface area contributed by atoms with Gasteiger partial charge in [-0.25, -0.2) is 4.99 Å². The molecule has 6 heteroatoms. The molecule has 1 aliphatic heterocycles. The van der Waals surface area contributed by atoms with Crippen molar-refractivity contribution in [2.45, 2.75) is 12.3 Å². The highest BCUT2D eigenvalue weighted by Gasteiger charge is 2.27. The summed E-state index contributed by atoms with van der Waals surface area (Å²) in [5.41, 5.74) is 11.8. The molecule has 0 spiro atoms. The summed E-state index contributed by atoms with van der Waals surface area (Å²) in [5.74, 6) is 0.858. The molecule has 1 aliphatic rings. The van der Waals surface area contributed by atoms with Crippen molar-refractivity contribution in [3.63, 3.8) is 0 Å². The van der Waals surface area contributed by atoms with E-state index in [0.29, 0.717) is 0 Å². The van der Waals surface area contributed by atoms with Gasteiger partial charge in [0, 0.05) is 55.3 Å². The van der Waals surface area contributed by atoms with Crippen LogP contribution in [-0.4, -0.2) is 15.0 Å². The second-order valence-corrected chi connectivity index (χ2v) is 14.8. The molecule has 0 fully saturated rings. The number of nitrogens with zero attached hydrogens (tertiary/aromatic N) is 3. The highest BCUT2D eigenvalue weighted by molar-refractivity contribution is 6.25. The molecule has 2 N–H and O–H groups in total. The number of para-hydroxylation sites is 3. The first-order valence-corrected chi connectivity index (χ1v) is 19.4. The molecule has 2 unspecified atom stereocenters. The Labute approximate surface area is 327 Å². The lowest BCUT2D eigenvalue weighted by Crippen LogP contribution is -2.45. The highest BCUT2D eigenvalue weighted by Crippen LogP contribution is 2.44. The van der Waals surface area contributed by atoms with Crippen LogP contribution in [-0.2, 0) is 0 Å². The van der Waals surface area contributed by atoms with Crippen molar-refractivity contribution in [1.82, 2.24) is 19.8 Å². The van der Waals surface area contributed by atoms with Gasteiger partial charge in [-0.2, -0.15) is 0 Å². The van der Waals surface area contributed by atoms with Crippen molar-refractivity contribution < 1.29 is 4.42 Å². The topological polar surface area (TPSA) is 59.4 Å². The van der Waals surface area contributed by atoms with Crippen molar-refractivity contribution in [2.75, 3.05) is 0 Å². The van der Waals surface area contributed by atoms with Crippen LogP contribution in [0.4, 0.5) is 0 Å². The molecular weight excluding hydrogens is 699 g/mol. The van der Waals surface area contributed by atoms with Crippen LogP contribution < -0.4 is 10.6 Å². The second-order valence-electron chi connectivity index (χ2n) is 14.8. The summed E-state index contributed by atoms with van der Waals surface area (Å²) >= 11 is 0. The van der Waals surface area contributed by atoms with Gasteiger partial charge in [-0.15, -0.1) is 0 Å². The van der Waals surface area contributed by atoms with E-state index in [1.165, 1.54) is 32.6 Å². The molecule has 0 saturated carbocycles. The smallest absolute Gasteiger partial charge is 0.137 e. The third-order valence-corrected chi connectivity index (χ3v) is 11.6. The number of hydrogen-bond acceptors (Lipinski definition) is 4. The molecule has 0 saturated heterocycles. The standard InChI is InChI=1S/C51H35N5O/c1-4-15-32(16-5-1)49-52-50(33-17-6-2-7-18-33)54-51(53-49)34-19-14-22-36(29-34)56-44-31-46-42(38-24-11-13-26-45(38)57-46)30-41(44)40-28-27-39-37-23-10-12-25-43(37)55(47(39)48(40)56)35-20-8-3-9-21-35/h1-31,49,51,53H,(H,52,54). The fourth-order valence-corrected chi connectivity index (χ4v) is 9.00. The lowest BCUT2D eigenvalue weighted by atomic mass is 10.1. The van der Waals surface area contributed by atoms with E-state index in [1.807, 2.05) is 18.2 Å². The Kier molecular flexibility index (Phi) is 7.03. The molecule has 12 rings (SSSR count). The first kappa shape index (κ1) is 31.9. The van der Waals surface area contributed by atoms with Crippen molar-refractivity contribution in [3.8, 4) is 11.4 Å². The van der Waals surface area contributed by atoms with Crippen LogP contribution >= 0.6 is 0 Å². The largest absolute Gasteiger partial charge is 0.456 e. The first-order valence-electron chi connectivity index (χ1n) is 19.4. The molecule has 6 nitrogen and oxygen atoms in total. The number of aromatic nitrogens is 2. The fraction of sp³-hybridized carbons (Fsp3) is 0.0392. The zero-order chi connectivity index (χ0) is 37.5. The van der Waals surface area contributed by atoms with Crippen molar-refractivity contribution >= 4 is 71.4 Å². The van der Waals surface area contributed by atoms with Crippen molar-refractivity contribution in [1.29, 1.82) is 0 Å². The summed E-state index contributed by atoms with van der Waals surface area (Å²) in [6.45, 7) is 0. The molecule has 3 aromatic heterocycles. The molecule has 0 bridgehead atoms. The number of hydrogen-bond donors (Lipinski definition) is 2. The average molecular weight is 734 g/mol. The number of fused-ring (bicyclic) bond motifs is 10. The average Bonchev–Trinajstić information content (AvgIpc) is 3.93. The van der Waals surface area contributed by atoms with Gasteiger partial charge in [-0.3, -0.25) is 5.32 Å². The van der Waals surface area contributed by atoms with Gasteiger partial charge in [-0.1, -0.05) is 140 Å². The Morgan fingerprint density at radius 2 is 1.07 bits per heavy atom. The summed E-state index contributed by atoms with van der Waals surface area (Å²) in [6, 6.07) is 66.8. The van der Waals surface area contributed by atoms with E-state index < -0.39 is 0 Å². The number of benzene rings is 8. The van der Waals surface area contributed by atoms with Crippen LogP contribution in [0.1, 0.15) is 29.0 Å². The summed E-state index contributed by atoms with van der Waals surface area (Å²) < 4.78 is 11.4. The minimum atomic E-state index is -0.230. The minimum Gasteiger partial charge on any atom is -0.456 e. The summed E-state index contributed by atoms with van der Waals surface area (Å²) in [4.78, 5) is 5.17. The number of furan rings is 1. The normalized spacial score (nSPS) is 15.9. The number of amidine groups is 1. The van der Waals surface area contributed by atoms with Gasteiger partial charge in [0.25, 0.3) is 0 Å². The zero-order valence-electron chi connectivity index (χ0n) is 30.8. The van der Waals surface area contributed by atoms with Gasteiger partial charge in [-0.05, 0) is 53.6 Å². The van der Waals surface area contributed by atoms with Crippen LogP contribution in [0.2, 0.25) is 0 Å². The quantitative estimate of drug-likeness (QED) is 0.185. The van der Waals surface area contributed by atoms with Crippen LogP contribution in [0.5, 0.6) is 0 Å². The van der Waals surface area contributed by atoms with Gasteiger partial charge >= 0.3 is 0 Å². The molecule has 0 amide bonds. The number of nitrogens with one attached hydrogen (secondary N) is 2. The van der Waals surface area contributed by atoms with Crippen LogP contribution in [0.3, 0.4) is 0 Å². The SMILES string of the molecule is c1ccc(C2=NC(c3ccccc3)NC(c3cccc(-n4c5cc6oc7ccccc7c6cc5c5ccc6c7ccccc7n(-c7ccccc7)c6c54)c3)N2)cc1. The van der Waals surface area contributed by atoms with Gasteiger partial charge in [0.05, 0.1) is 22.1 Å². The van der Waals surface area contributed by atoms with Gasteiger partial charge in [0.15, 0.2) is 0 Å². The predicted octanol–water partition coefficient (Wildman–Crippen LogP) is 12.1. The van der Waals surface area contributed by atoms with E-state index in [4.69, 9.17) is 9.41 Å². The Morgan fingerprint density at radius 1 is 0.439 bits per heavy atom. The lowest BCUT2D eigenvalue weighted by molar-refractivity contribution is 0.409. The van der Waals surface area contributed by atoms with E-state index >= 15 is 0 Å². The van der Waals surface area contributed by atoms with Crippen LogP contribution in [0, 0.1) is 0 Å². The van der Waals surface area contributed by atoms with E-state index in [-0.39, 0.29) is 12.3 Å². The second kappa shape index (κ2) is 12.6. The fourth-order valence-electron chi connectivity index (χ4n) is 9.00. The van der Waals surface area contributed by atoms with E-state index in [9.17, 15) is 0 Å². The summed E-state index contributed by atoms with van der Waals surface area (Å²) in [5, 5.41) is 14.6. The number of rotatable bonds is 5. The summed E-state index contributed by atoms with van der Waals surface area (Å²) in [6.07, 6.45) is -0.444. The molecule has 11 aromatic rings. The molecule has 0 radical (unpaired) electrons.